The molecule has 1 N–H and O–H groups in total. The van der Waals surface area contributed by atoms with Crippen LogP contribution in [-0.2, 0) is 12.3 Å². The third kappa shape index (κ3) is 5.36. The van der Waals surface area contributed by atoms with Gasteiger partial charge in [-0.3, -0.25) is 19.8 Å². The van der Waals surface area contributed by atoms with Crippen LogP contribution in [0.5, 0.6) is 0 Å². The maximum absolute atomic E-state index is 13.4. The lowest BCUT2D eigenvalue weighted by Gasteiger charge is -2.35. The van der Waals surface area contributed by atoms with Crippen molar-refractivity contribution in [1.82, 2.24) is 19.8 Å². The van der Waals surface area contributed by atoms with Crippen molar-refractivity contribution in [3.05, 3.63) is 99.6 Å². The minimum absolute atomic E-state index is 0.0424. The summed E-state index contributed by atoms with van der Waals surface area (Å²) in [5.74, 6) is 0.690. The van der Waals surface area contributed by atoms with Crippen LogP contribution in [0.2, 0.25) is 0 Å². The third-order valence-corrected chi connectivity index (χ3v) is 7.09. The van der Waals surface area contributed by atoms with E-state index in [0.717, 1.165) is 46.0 Å². The van der Waals surface area contributed by atoms with Gasteiger partial charge in [0.15, 0.2) is 5.16 Å². The number of aromatic amines is 1. The molecule has 9 heteroatoms. The number of thioether (sulfide) groups is 1. The summed E-state index contributed by atoms with van der Waals surface area (Å²) in [6, 6.07) is 22.4. The number of aromatic nitrogens is 2. The zero-order valence-corrected chi connectivity index (χ0v) is 19.9. The molecule has 1 saturated heterocycles. The predicted octanol–water partition coefficient (Wildman–Crippen LogP) is 4.72. The van der Waals surface area contributed by atoms with Gasteiger partial charge in [0.1, 0.15) is 0 Å². The number of para-hydroxylation sites is 2. The van der Waals surface area contributed by atoms with Crippen molar-refractivity contribution in [3.8, 4) is 0 Å². The Hall–Kier alpha value is -3.69. The van der Waals surface area contributed by atoms with Crippen molar-refractivity contribution in [3.63, 3.8) is 0 Å². The van der Waals surface area contributed by atoms with Crippen LogP contribution in [0.15, 0.2) is 78.0 Å². The first-order valence-corrected chi connectivity index (χ1v) is 12.5. The van der Waals surface area contributed by atoms with E-state index in [1.54, 1.807) is 23.9 Å². The van der Waals surface area contributed by atoms with E-state index in [1.165, 1.54) is 6.07 Å². The standard InChI is InChI=1S/C26H25N5O3S/c32-25(30-14-12-29(13-15-30)17-19-6-5-8-21(16-19)31(33)34)22-9-2-1-7-20(22)18-35-26-27-23-10-3-4-11-24(23)28-26/h1-11,16H,12-15,17-18H2,(H,27,28). The minimum Gasteiger partial charge on any atom is -0.336 e. The molecule has 178 valence electrons. The van der Waals surface area contributed by atoms with Crippen LogP contribution in [0.4, 0.5) is 5.69 Å². The van der Waals surface area contributed by atoms with Gasteiger partial charge in [0.25, 0.3) is 11.6 Å². The second kappa shape index (κ2) is 10.3. The van der Waals surface area contributed by atoms with E-state index in [0.29, 0.717) is 25.4 Å². The molecule has 2 heterocycles. The Morgan fingerprint density at radius 3 is 2.57 bits per heavy atom. The number of fused-ring (bicyclic) bond motifs is 1. The van der Waals surface area contributed by atoms with Crippen LogP contribution >= 0.6 is 11.8 Å². The summed E-state index contributed by atoms with van der Waals surface area (Å²) < 4.78 is 0. The molecule has 0 unspecified atom stereocenters. The number of non-ortho nitro benzene ring substituents is 1. The van der Waals surface area contributed by atoms with Crippen LogP contribution in [-0.4, -0.2) is 56.8 Å². The second-order valence-corrected chi connectivity index (χ2v) is 9.46. The topological polar surface area (TPSA) is 95.4 Å². The fraction of sp³-hybridized carbons (Fsp3) is 0.231. The number of piperazine rings is 1. The van der Waals surface area contributed by atoms with Crippen LogP contribution in [0.1, 0.15) is 21.5 Å². The number of carbonyl (C=O) groups is 1. The Labute approximate surface area is 207 Å². The number of hydrogen-bond acceptors (Lipinski definition) is 6. The molecule has 1 amide bonds. The summed E-state index contributed by atoms with van der Waals surface area (Å²) in [6.07, 6.45) is 0. The summed E-state index contributed by atoms with van der Waals surface area (Å²) in [4.78, 5) is 36.1. The summed E-state index contributed by atoms with van der Waals surface area (Å²) in [6.45, 7) is 3.33. The maximum atomic E-state index is 13.4. The molecule has 4 aromatic rings. The van der Waals surface area contributed by atoms with E-state index in [9.17, 15) is 14.9 Å². The molecule has 35 heavy (non-hydrogen) atoms. The van der Waals surface area contributed by atoms with Crippen molar-refractivity contribution < 1.29 is 9.72 Å². The number of nitro groups is 1. The van der Waals surface area contributed by atoms with Gasteiger partial charge in [-0.25, -0.2) is 4.98 Å². The molecule has 5 rings (SSSR count). The fourth-order valence-corrected chi connectivity index (χ4v) is 5.19. The molecule has 0 atom stereocenters. The molecule has 8 nitrogen and oxygen atoms in total. The lowest BCUT2D eigenvalue weighted by molar-refractivity contribution is -0.384. The highest BCUT2D eigenvalue weighted by molar-refractivity contribution is 7.98. The Morgan fingerprint density at radius 2 is 1.77 bits per heavy atom. The van der Waals surface area contributed by atoms with Crippen LogP contribution in [0, 0.1) is 10.1 Å². The lowest BCUT2D eigenvalue weighted by Crippen LogP contribution is -2.48. The van der Waals surface area contributed by atoms with Crippen molar-refractivity contribution in [1.29, 1.82) is 0 Å². The summed E-state index contributed by atoms with van der Waals surface area (Å²) in [5, 5.41) is 11.9. The molecule has 1 fully saturated rings. The van der Waals surface area contributed by atoms with Gasteiger partial charge in [0, 0.05) is 56.2 Å². The third-order valence-electron chi connectivity index (χ3n) is 6.17. The number of nitrogens with one attached hydrogen (secondary N) is 1. The van der Waals surface area contributed by atoms with E-state index in [2.05, 4.69) is 14.9 Å². The first-order valence-electron chi connectivity index (χ1n) is 11.5. The number of amides is 1. The number of rotatable bonds is 7. The highest BCUT2D eigenvalue weighted by Crippen LogP contribution is 2.25. The number of hydrogen-bond donors (Lipinski definition) is 1. The van der Waals surface area contributed by atoms with Gasteiger partial charge < -0.3 is 9.88 Å². The van der Waals surface area contributed by atoms with Crippen molar-refractivity contribution in [2.75, 3.05) is 26.2 Å². The predicted molar refractivity (Wildman–Crippen MR) is 136 cm³/mol. The minimum atomic E-state index is -0.371. The summed E-state index contributed by atoms with van der Waals surface area (Å²) in [7, 11) is 0. The van der Waals surface area contributed by atoms with E-state index in [-0.39, 0.29) is 16.5 Å². The smallest absolute Gasteiger partial charge is 0.269 e. The molecule has 1 aliphatic rings. The van der Waals surface area contributed by atoms with Gasteiger partial charge in [-0.05, 0) is 29.3 Å². The molecular weight excluding hydrogens is 462 g/mol. The van der Waals surface area contributed by atoms with Gasteiger partial charge >= 0.3 is 0 Å². The SMILES string of the molecule is O=C(c1ccccc1CSc1nc2ccccc2[nH]1)N1CCN(Cc2cccc([N+](=O)[O-])c2)CC1. The fourth-order valence-electron chi connectivity index (χ4n) is 4.30. The van der Waals surface area contributed by atoms with Crippen molar-refractivity contribution >= 4 is 34.4 Å². The average Bonchev–Trinajstić information content (AvgIpc) is 3.31. The van der Waals surface area contributed by atoms with E-state index < -0.39 is 0 Å². The van der Waals surface area contributed by atoms with Gasteiger partial charge in [0.05, 0.1) is 16.0 Å². The number of H-pyrrole nitrogens is 1. The lowest BCUT2D eigenvalue weighted by atomic mass is 10.1. The monoisotopic (exact) mass is 487 g/mol. The van der Waals surface area contributed by atoms with Crippen LogP contribution in [0.3, 0.4) is 0 Å². The largest absolute Gasteiger partial charge is 0.336 e. The molecule has 3 aromatic carbocycles. The number of nitro benzene ring substituents is 1. The van der Waals surface area contributed by atoms with Crippen LogP contribution < -0.4 is 0 Å². The Bertz CT molecular complexity index is 1330. The molecule has 0 aliphatic carbocycles. The van der Waals surface area contributed by atoms with Crippen molar-refractivity contribution in [2.24, 2.45) is 0 Å². The normalized spacial score (nSPS) is 14.3. The molecule has 0 spiro atoms. The molecular formula is C26H25N5O3S. The number of imidazole rings is 1. The second-order valence-electron chi connectivity index (χ2n) is 8.50. The van der Waals surface area contributed by atoms with E-state index in [1.807, 2.05) is 59.5 Å². The van der Waals surface area contributed by atoms with E-state index >= 15 is 0 Å². The quantitative estimate of drug-likeness (QED) is 0.230. The van der Waals surface area contributed by atoms with Gasteiger partial charge in [-0.1, -0.05) is 54.2 Å². The molecule has 1 aromatic heterocycles. The Kier molecular flexibility index (Phi) is 6.78. The maximum Gasteiger partial charge on any atom is 0.269 e. The zero-order chi connectivity index (χ0) is 24.2. The van der Waals surface area contributed by atoms with E-state index in [4.69, 9.17) is 0 Å². The highest BCUT2D eigenvalue weighted by atomic mass is 32.2. The summed E-state index contributed by atoms with van der Waals surface area (Å²) in [5.41, 5.74) is 4.66. The highest BCUT2D eigenvalue weighted by Gasteiger charge is 2.24. The Balaban J connectivity index is 1.20. The zero-order valence-electron chi connectivity index (χ0n) is 19.1. The number of benzene rings is 3. The number of carbonyl (C=O) groups excluding carboxylic acids is 1. The first-order chi connectivity index (χ1) is 17.1. The summed E-state index contributed by atoms with van der Waals surface area (Å²) >= 11 is 1.59. The first kappa shape index (κ1) is 23.1. The Morgan fingerprint density at radius 1 is 1.00 bits per heavy atom. The number of nitrogens with zero attached hydrogens (tertiary/aromatic N) is 4. The molecule has 1 aliphatic heterocycles. The van der Waals surface area contributed by atoms with Gasteiger partial charge in [0.2, 0.25) is 0 Å². The molecule has 0 bridgehead atoms. The van der Waals surface area contributed by atoms with Crippen molar-refractivity contribution in [2.45, 2.75) is 17.5 Å². The van der Waals surface area contributed by atoms with Gasteiger partial charge in [-0.15, -0.1) is 0 Å². The van der Waals surface area contributed by atoms with Crippen LogP contribution in [0.25, 0.3) is 11.0 Å². The van der Waals surface area contributed by atoms with Gasteiger partial charge in [-0.2, -0.15) is 0 Å². The molecule has 0 radical (unpaired) electrons. The average molecular weight is 488 g/mol. The molecule has 0 saturated carbocycles.